The summed E-state index contributed by atoms with van der Waals surface area (Å²) in [4.78, 5) is 8.20. The van der Waals surface area contributed by atoms with E-state index in [1.165, 1.54) is 6.33 Å². The average Bonchev–Trinajstić information content (AvgIpc) is 2.60. The molecule has 0 amide bonds. The van der Waals surface area contributed by atoms with Gasteiger partial charge in [0.1, 0.15) is 18.0 Å². The Morgan fingerprint density at radius 2 is 1.94 bits per heavy atom. The number of nitrogens with zero attached hydrogens (tertiary/aromatic N) is 4. The van der Waals surface area contributed by atoms with Crippen LogP contribution in [0.5, 0.6) is 0 Å². The molecule has 0 saturated carbocycles. The van der Waals surface area contributed by atoms with E-state index in [0.29, 0.717) is 11.6 Å². The summed E-state index contributed by atoms with van der Waals surface area (Å²) in [6.07, 6.45) is 3.35. The van der Waals surface area contributed by atoms with Crippen LogP contribution < -0.4 is 16.6 Å². The molecule has 0 atom stereocenters. The summed E-state index contributed by atoms with van der Waals surface area (Å²) in [6.45, 7) is 3.82. The summed E-state index contributed by atoms with van der Waals surface area (Å²) in [5.74, 6) is 6.68. The molecule has 7 heteroatoms. The summed E-state index contributed by atoms with van der Waals surface area (Å²) in [7, 11) is 1.87. The van der Waals surface area contributed by atoms with Crippen molar-refractivity contribution in [2.24, 2.45) is 12.9 Å². The quantitative estimate of drug-likeness (QED) is 0.537. The molecule has 17 heavy (non-hydrogen) atoms. The predicted molar refractivity (Wildman–Crippen MR) is 65.8 cm³/mol. The van der Waals surface area contributed by atoms with E-state index in [1.54, 1.807) is 4.68 Å². The first-order chi connectivity index (χ1) is 8.11. The van der Waals surface area contributed by atoms with Crippen LogP contribution >= 0.6 is 0 Å². The lowest BCUT2D eigenvalue weighted by Crippen LogP contribution is -2.11. The minimum atomic E-state index is 0.601. The highest BCUT2D eigenvalue weighted by molar-refractivity contribution is 5.64. The van der Waals surface area contributed by atoms with Crippen LogP contribution in [0, 0.1) is 13.8 Å². The van der Waals surface area contributed by atoms with Crippen molar-refractivity contribution in [3.8, 4) is 0 Å². The summed E-state index contributed by atoms with van der Waals surface area (Å²) in [5.41, 5.74) is 5.21. The van der Waals surface area contributed by atoms with Gasteiger partial charge >= 0.3 is 0 Å². The minimum absolute atomic E-state index is 0.601. The largest absolute Gasteiger partial charge is 0.337 e. The van der Waals surface area contributed by atoms with Crippen molar-refractivity contribution in [1.29, 1.82) is 0 Å². The Bertz CT molecular complexity index is 531. The Morgan fingerprint density at radius 1 is 1.24 bits per heavy atom. The number of hydrazine groups is 1. The minimum Gasteiger partial charge on any atom is -0.337 e. The molecule has 0 saturated heterocycles. The first-order valence-electron chi connectivity index (χ1n) is 5.17. The van der Waals surface area contributed by atoms with Crippen LogP contribution in [0.2, 0.25) is 0 Å². The maximum absolute atomic E-state index is 5.36. The second-order valence-electron chi connectivity index (χ2n) is 3.77. The lowest BCUT2D eigenvalue weighted by atomic mass is 10.3. The molecule has 90 valence electrons. The first-order valence-corrected chi connectivity index (χ1v) is 5.17. The lowest BCUT2D eigenvalue weighted by molar-refractivity contribution is 0.756. The fourth-order valence-electron chi connectivity index (χ4n) is 1.57. The van der Waals surface area contributed by atoms with E-state index in [2.05, 4.69) is 25.8 Å². The second-order valence-corrected chi connectivity index (χ2v) is 3.77. The molecule has 7 nitrogen and oxygen atoms in total. The Balaban J connectivity index is 2.33. The second kappa shape index (κ2) is 4.38. The molecular formula is C10H15N7. The number of nitrogens with two attached hydrogens (primary N) is 1. The molecule has 0 aromatic carbocycles. The van der Waals surface area contributed by atoms with Gasteiger partial charge in [-0.15, -0.1) is 0 Å². The molecule has 2 rings (SSSR count). The highest BCUT2D eigenvalue weighted by atomic mass is 15.3. The van der Waals surface area contributed by atoms with Crippen molar-refractivity contribution in [2.45, 2.75) is 13.8 Å². The summed E-state index contributed by atoms with van der Waals surface area (Å²) >= 11 is 0. The highest BCUT2D eigenvalue weighted by Gasteiger charge is 2.09. The van der Waals surface area contributed by atoms with Crippen molar-refractivity contribution in [3.63, 3.8) is 0 Å². The number of aryl methyl sites for hydroxylation is 2. The molecule has 0 aliphatic heterocycles. The number of aromatic nitrogens is 4. The highest BCUT2D eigenvalue weighted by Crippen LogP contribution is 2.22. The molecule has 2 aromatic rings. The molecule has 4 N–H and O–H groups in total. The van der Waals surface area contributed by atoms with Gasteiger partial charge in [0.2, 0.25) is 0 Å². The maximum Gasteiger partial charge on any atom is 0.148 e. The summed E-state index contributed by atoms with van der Waals surface area (Å²) < 4.78 is 1.75. The number of nitrogens with one attached hydrogen (secondary N) is 2. The van der Waals surface area contributed by atoms with E-state index in [1.807, 2.05) is 27.1 Å². The zero-order chi connectivity index (χ0) is 12.4. The van der Waals surface area contributed by atoms with Gasteiger partial charge < -0.3 is 10.7 Å². The number of hydrogen-bond acceptors (Lipinski definition) is 6. The van der Waals surface area contributed by atoms with Crippen molar-refractivity contribution in [2.75, 3.05) is 10.7 Å². The SMILES string of the molecule is Cc1nn(C)cc1Nc1ncnc(NN)c1C. The van der Waals surface area contributed by atoms with Gasteiger partial charge in [0, 0.05) is 18.8 Å². The van der Waals surface area contributed by atoms with Gasteiger partial charge in [-0.1, -0.05) is 0 Å². The third-order valence-corrected chi connectivity index (χ3v) is 2.49. The van der Waals surface area contributed by atoms with E-state index in [-0.39, 0.29) is 0 Å². The van der Waals surface area contributed by atoms with Gasteiger partial charge in [-0.25, -0.2) is 15.8 Å². The number of rotatable bonds is 3. The number of nitrogen functional groups attached to an aromatic ring is 1. The summed E-state index contributed by atoms with van der Waals surface area (Å²) in [6, 6.07) is 0. The van der Waals surface area contributed by atoms with Crippen molar-refractivity contribution >= 4 is 17.3 Å². The normalized spacial score (nSPS) is 10.4. The molecule has 0 fully saturated rings. The van der Waals surface area contributed by atoms with Crippen LogP contribution in [0.1, 0.15) is 11.3 Å². The van der Waals surface area contributed by atoms with Crippen LogP contribution in [0.3, 0.4) is 0 Å². The third kappa shape index (κ3) is 2.18. The van der Waals surface area contributed by atoms with Crippen LogP contribution in [-0.2, 0) is 7.05 Å². The molecule has 0 unspecified atom stereocenters. The van der Waals surface area contributed by atoms with Crippen LogP contribution in [0.25, 0.3) is 0 Å². The molecule has 2 heterocycles. The average molecular weight is 233 g/mol. The molecule has 0 aliphatic rings. The lowest BCUT2D eigenvalue weighted by Gasteiger charge is -2.09. The monoisotopic (exact) mass is 233 g/mol. The third-order valence-electron chi connectivity index (χ3n) is 2.49. The van der Waals surface area contributed by atoms with Gasteiger partial charge in [0.25, 0.3) is 0 Å². The zero-order valence-corrected chi connectivity index (χ0v) is 10.0. The van der Waals surface area contributed by atoms with E-state index in [0.717, 1.165) is 16.9 Å². The Labute approximate surface area is 99.0 Å². The van der Waals surface area contributed by atoms with Gasteiger partial charge in [0.15, 0.2) is 0 Å². The van der Waals surface area contributed by atoms with E-state index in [4.69, 9.17) is 5.84 Å². The van der Waals surface area contributed by atoms with Gasteiger partial charge in [-0.3, -0.25) is 4.68 Å². The van der Waals surface area contributed by atoms with Crippen LogP contribution in [-0.4, -0.2) is 19.7 Å². The molecule has 0 spiro atoms. The first kappa shape index (κ1) is 11.3. The van der Waals surface area contributed by atoms with Crippen molar-refractivity contribution < 1.29 is 0 Å². The van der Waals surface area contributed by atoms with Gasteiger partial charge in [-0.2, -0.15) is 5.10 Å². The predicted octanol–water partition coefficient (Wildman–Crippen LogP) is 0.856. The molecular weight excluding hydrogens is 218 g/mol. The Kier molecular flexibility index (Phi) is 2.92. The molecule has 0 aliphatic carbocycles. The summed E-state index contributed by atoms with van der Waals surface area (Å²) in [5, 5.41) is 7.46. The van der Waals surface area contributed by atoms with Crippen LogP contribution in [0.4, 0.5) is 17.3 Å². The fraction of sp³-hybridized carbons (Fsp3) is 0.300. The standard InChI is InChI=1S/C10H15N7/c1-6-9(12-5-13-10(6)15-11)14-8-4-17(3)16-7(8)2/h4-5H,11H2,1-3H3,(H2,12,13,14,15). The topological polar surface area (TPSA) is 93.7 Å². The fourth-order valence-corrected chi connectivity index (χ4v) is 1.57. The van der Waals surface area contributed by atoms with Gasteiger partial charge in [0.05, 0.1) is 11.4 Å². The van der Waals surface area contributed by atoms with E-state index >= 15 is 0 Å². The molecule has 0 radical (unpaired) electrons. The van der Waals surface area contributed by atoms with Crippen LogP contribution in [0.15, 0.2) is 12.5 Å². The number of anilines is 3. The Morgan fingerprint density at radius 3 is 2.53 bits per heavy atom. The molecule has 2 aromatic heterocycles. The number of hydrogen-bond donors (Lipinski definition) is 3. The molecule has 0 bridgehead atoms. The zero-order valence-electron chi connectivity index (χ0n) is 10.0. The van der Waals surface area contributed by atoms with E-state index in [9.17, 15) is 0 Å². The Hall–Kier alpha value is -2.15. The van der Waals surface area contributed by atoms with Gasteiger partial charge in [-0.05, 0) is 13.8 Å². The smallest absolute Gasteiger partial charge is 0.148 e. The van der Waals surface area contributed by atoms with Crippen molar-refractivity contribution in [3.05, 3.63) is 23.8 Å². The van der Waals surface area contributed by atoms with E-state index < -0.39 is 0 Å². The maximum atomic E-state index is 5.36. The van der Waals surface area contributed by atoms with Crippen molar-refractivity contribution in [1.82, 2.24) is 19.7 Å².